The average Bonchev–Trinajstić information content (AvgIpc) is 2.66. The molecule has 0 atom stereocenters. The molecule has 0 aliphatic heterocycles. The Morgan fingerprint density at radius 2 is 2.00 bits per heavy atom. The highest BCUT2D eigenvalue weighted by Gasteiger charge is 2.23. The fraction of sp³-hybridized carbons (Fsp3) is 0.100. The molecule has 1 heterocycles. The number of nitrogens with one attached hydrogen (secondary N) is 1. The molecule has 5 nitrogen and oxygen atoms in total. The number of thiazole rings is 1. The van der Waals surface area contributed by atoms with Crippen LogP contribution in [-0.4, -0.2) is 13.4 Å². The maximum absolute atomic E-state index is 13.6. The molecule has 10 heteroatoms. The van der Waals surface area contributed by atoms with Crippen LogP contribution in [0.3, 0.4) is 0 Å². The first-order valence-corrected chi connectivity index (χ1v) is 8.20. The minimum atomic E-state index is -4.07. The Morgan fingerprint density at radius 1 is 1.35 bits per heavy atom. The van der Waals surface area contributed by atoms with Gasteiger partial charge in [0.1, 0.15) is 11.6 Å². The van der Waals surface area contributed by atoms with E-state index in [0.29, 0.717) is 0 Å². The Hall–Kier alpha value is -1.26. The van der Waals surface area contributed by atoms with Gasteiger partial charge in [-0.2, -0.15) is 0 Å². The monoisotopic (exact) mass is 383 g/mol. The van der Waals surface area contributed by atoms with Gasteiger partial charge >= 0.3 is 0 Å². The zero-order valence-electron chi connectivity index (χ0n) is 9.95. The highest BCUT2D eigenvalue weighted by atomic mass is 79.9. The van der Waals surface area contributed by atoms with Crippen LogP contribution in [0.15, 0.2) is 20.8 Å². The predicted molar refractivity (Wildman–Crippen MR) is 76.1 cm³/mol. The van der Waals surface area contributed by atoms with Crippen molar-refractivity contribution in [2.24, 2.45) is 0 Å². The van der Waals surface area contributed by atoms with Crippen molar-refractivity contribution in [2.75, 3.05) is 10.5 Å². The maximum Gasteiger partial charge on any atom is 0.273 e. The Morgan fingerprint density at radius 3 is 2.55 bits per heavy atom. The van der Waals surface area contributed by atoms with Crippen molar-refractivity contribution < 1.29 is 17.2 Å². The molecule has 2 aromatic rings. The van der Waals surface area contributed by atoms with Crippen LogP contribution in [0, 0.1) is 18.6 Å². The SMILES string of the molecule is Cc1nc(N)sc1S(=O)(=O)Nc1cc(F)c(Br)cc1F. The van der Waals surface area contributed by atoms with Crippen LogP contribution in [-0.2, 0) is 10.0 Å². The molecule has 0 amide bonds. The molecule has 1 aromatic carbocycles. The molecule has 0 unspecified atom stereocenters. The van der Waals surface area contributed by atoms with E-state index in [2.05, 4.69) is 20.9 Å². The minimum Gasteiger partial charge on any atom is -0.375 e. The summed E-state index contributed by atoms with van der Waals surface area (Å²) in [6, 6.07) is 1.58. The van der Waals surface area contributed by atoms with Gasteiger partial charge in [-0.25, -0.2) is 22.2 Å². The standard InChI is InChI=1S/C10H8BrF2N3O2S2/c1-4-9(19-10(14)15-4)20(17,18)16-8-3-6(12)5(11)2-7(8)13/h2-3,16H,1H3,(H2,14,15). The Kier molecular flexibility index (Phi) is 3.98. The zero-order chi connectivity index (χ0) is 15.1. The summed E-state index contributed by atoms with van der Waals surface area (Å²) in [5.41, 5.74) is 5.12. The number of rotatable bonds is 3. The van der Waals surface area contributed by atoms with Crippen LogP contribution in [0.4, 0.5) is 19.6 Å². The lowest BCUT2D eigenvalue weighted by atomic mass is 10.3. The summed E-state index contributed by atoms with van der Waals surface area (Å²) < 4.78 is 52.9. The molecule has 0 spiro atoms. The van der Waals surface area contributed by atoms with Gasteiger partial charge in [0.15, 0.2) is 9.34 Å². The molecule has 0 saturated heterocycles. The van der Waals surface area contributed by atoms with Crippen LogP contribution in [0.2, 0.25) is 0 Å². The average molecular weight is 384 g/mol. The Bertz CT molecular complexity index is 777. The lowest BCUT2D eigenvalue weighted by Gasteiger charge is -2.08. The molecule has 0 bridgehead atoms. The number of nitrogens with two attached hydrogens (primary N) is 1. The molecule has 3 N–H and O–H groups in total. The normalized spacial score (nSPS) is 11.6. The summed E-state index contributed by atoms with van der Waals surface area (Å²) in [5.74, 6) is -1.69. The van der Waals surface area contributed by atoms with E-state index < -0.39 is 27.3 Å². The number of halogens is 3. The van der Waals surface area contributed by atoms with E-state index in [4.69, 9.17) is 5.73 Å². The van der Waals surface area contributed by atoms with Crippen LogP contribution in [0.1, 0.15) is 5.69 Å². The van der Waals surface area contributed by atoms with Crippen molar-refractivity contribution in [3.8, 4) is 0 Å². The van der Waals surface area contributed by atoms with Gasteiger partial charge in [0.25, 0.3) is 10.0 Å². The highest BCUT2D eigenvalue weighted by molar-refractivity contribution is 9.10. The highest BCUT2D eigenvalue weighted by Crippen LogP contribution is 2.29. The van der Waals surface area contributed by atoms with Crippen molar-refractivity contribution in [3.05, 3.63) is 33.9 Å². The van der Waals surface area contributed by atoms with Gasteiger partial charge in [-0.05, 0) is 28.9 Å². The number of aromatic nitrogens is 1. The summed E-state index contributed by atoms with van der Waals surface area (Å²) in [6.45, 7) is 1.46. The molecule has 0 radical (unpaired) electrons. The van der Waals surface area contributed by atoms with E-state index in [1.807, 2.05) is 4.72 Å². The van der Waals surface area contributed by atoms with E-state index >= 15 is 0 Å². The van der Waals surface area contributed by atoms with Gasteiger partial charge in [0.2, 0.25) is 0 Å². The van der Waals surface area contributed by atoms with Gasteiger partial charge in [-0.1, -0.05) is 11.3 Å². The van der Waals surface area contributed by atoms with Gasteiger partial charge in [0.05, 0.1) is 15.9 Å². The van der Waals surface area contributed by atoms with Crippen molar-refractivity contribution in [1.29, 1.82) is 0 Å². The fourth-order valence-electron chi connectivity index (χ4n) is 1.44. The third-order valence-corrected chi connectivity index (χ3v) is 5.84. The Labute approximate surface area is 126 Å². The number of nitrogens with zero attached hydrogens (tertiary/aromatic N) is 1. The fourth-order valence-corrected chi connectivity index (χ4v) is 4.12. The van der Waals surface area contributed by atoms with Crippen LogP contribution >= 0.6 is 27.3 Å². The molecular formula is C10H8BrF2N3O2S2. The molecular weight excluding hydrogens is 376 g/mol. The predicted octanol–water partition coefficient (Wildman–Crippen LogP) is 2.88. The van der Waals surface area contributed by atoms with E-state index in [1.54, 1.807) is 0 Å². The molecule has 0 aliphatic carbocycles. The number of aryl methyl sites for hydroxylation is 1. The number of hydrogen-bond donors (Lipinski definition) is 2. The van der Waals surface area contributed by atoms with Gasteiger partial charge in [-0.3, -0.25) is 4.72 Å². The summed E-state index contributed by atoms with van der Waals surface area (Å²) in [7, 11) is -4.07. The number of anilines is 2. The second-order valence-corrected chi connectivity index (χ2v) is 7.54. The van der Waals surface area contributed by atoms with E-state index in [0.717, 1.165) is 23.5 Å². The van der Waals surface area contributed by atoms with Crippen molar-refractivity contribution in [1.82, 2.24) is 4.98 Å². The second kappa shape index (κ2) is 5.26. The van der Waals surface area contributed by atoms with Crippen molar-refractivity contribution in [3.63, 3.8) is 0 Å². The first-order valence-electron chi connectivity index (χ1n) is 5.11. The summed E-state index contributed by atoms with van der Waals surface area (Å²) >= 11 is 3.55. The van der Waals surface area contributed by atoms with E-state index in [1.165, 1.54) is 6.92 Å². The molecule has 1 aromatic heterocycles. The van der Waals surface area contributed by atoms with Crippen molar-refractivity contribution >= 4 is 48.1 Å². The zero-order valence-corrected chi connectivity index (χ0v) is 13.2. The number of nitrogen functional groups attached to an aromatic ring is 1. The molecule has 0 saturated carbocycles. The number of sulfonamides is 1. The van der Waals surface area contributed by atoms with Gasteiger partial charge in [0, 0.05) is 6.07 Å². The van der Waals surface area contributed by atoms with E-state index in [9.17, 15) is 17.2 Å². The quantitative estimate of drug-likeness (QED) is 0.797. The largest absolute Gasteiger partial charge is 0.375 e. The lowest BCUT2D eigenvalue weighted by molar-refractivity contribution is 0.592. The van der Waals surface area contributed by atoms with Gasteiger partial charge in [-0.15, -0.1) is 0 Å². The maximum atomic E-state index is 13.6. The number of hydrogen-bond acceptors (Lipinski definition) is 5. The Balaban J connectivity index is 2.43. The van der Waals surface area contributed by atoms with Crippen molar-refractivity contribution in [2.45, 2.75) is 11.1 Å². The summed E-state index contributed by atoms with van der Waals surface area (Å²) in [4.78, 5) is 3.77. The smallest absolute Gasteiger partial charge is 0.273 e. The molecule has 2 rings (SSSR count). The molecule has 108 valence electrons. The van der Waals surface area contributed by atoms with Crippen LogP contribution in [0.25, 0.3) is 0 Å². The topological polar surface area (TPSA) is 85.1 Å². The molecule has 0 fully saturated rings. The molecule has 0 aliphatic rings. The first kappa shape index (κ1) is 15.1. The lowest BCUT2D eigenvalue weighted by Crippen LogP contribution is -2.14. The van der Waals surface area contributed by atoms with E-state index in [-0.39, 0.29) is 19.5 Å². The van der Waals surface area contributed by atoms with Crippen LogP contribution < -0.4 is 10.5 Å². The second-order valence-electron chi connectivity index (χ2n) is 3.78. The summed E-state index contributed by atoms with van der Waals surface area (Å²) in [6.07, 6.45) is 0. The minimum absolute atomic E-state index is 0.0744. The third kappa shape index (κ3) is 2.91. The number of benzene rings is 1. The van der Waals surface area contributed by atoms with Gasteiger partial charge < -0.3 is 5.73 Å². The molecule has 20 heavy (non-hydrogen) atoms. The summed E-state index contributed by atoms with van der Waals surface area (Å²) in [5, 5.41) is 0.0744. The third-order valence-electron chi connectivity index (χ3n) is 2.27. The van der Waals surface area contributed by atoms with Crippen LogP contribution in [0.5, 0.6) is 0 Å². The first-order chi connectivity index (χ1) is 9.20.